The van der Waals surface area contributed by atoms with E-state index in [-0.39, 0.29) is 5.91 Å². The summed E-state index contributed by atoms with van der Waals surface area (Å²) >= 11 is 13.8. The number of rotatable bonds is 7. The Bertz CT molecular complexity index is 499. The third-order valence-electron chi connectivity index (χ3n) is 4.25. The largest absolute Gasteiger partial charge is 0.355 e. The van der Waals surface area contributed by atoms with E-state index < -0.39 is 0 Å². The third-order valence-corrected chi connectivity index (χ3v) is 5.92. The molecule has 1 amide bonds. The Morgan fingerprint density at radius 3 is 2.61 bits per heavy atom. The molecule has 1 fully saturated rings. The first-order valence-electron chi connectivity index (χ1n) is 8.02. The van der Waals surface area contributed by atoms with Crippen LogP contribution in [0, 0.1) is 5.92 Å². The lowest BCUT2D eigenvalue weighted by atomic mass is 9.94. The highest BCUT2D eigenvalue weighted by Crippen LogP contribution is 2.28. The van der Waals surface area contributed by atoms with E-state index >= 15 is 0 Å². The molecule has 0 atom stereocenters. The van der Waals surface area contributed by atoms with Crippen molar-refractivity contribution in [2.24, 2.45) is 5.92 Å². The average Bonchev–Trinajstić information content (AvgIpc) is 2.52. The summed E-state index contributed by atoms with van der Waals surface area (Å²) in [5.41, 5.74) is 0.903. The molecule has 0 bridgehead atoms. The molecule has 1 aliphatic heterocycles. The van der Waals surface area contributed by atoms with Crippen LogP contribution in [0.1, 0.15) is 24.8 Å². The monoisotopic (exact) mass is 374 g/mol. The highest BCUT2D eigenvalue weighted by atomic mass is 35.5. The van der Waals surface area contributed by atoms with Crippen LogP contribution in [0.25, 0.3) is 0 Å². The summed E-state index contributed by atoms with van der Waals surface area (Å²) in [6, 6.07) is 5.48. The lowest BCUT2D eigenvalue weighted by Crippen LogP contribution is -2.33. The van der Waals surface area contributed by atoms with Gasteiger partial charge in [-0.1, -0.05) is 29.3 Å². The number of amides is 1. The molecule has 0 aromatic heterocycles. The highest BCUT2D eigenvalue weighted by molar-refractivity contribution is 7.99. The summed E-state index contributed by atoms with van der Waals surface area (Å²) in [7, 11) is 2.17. The molecule has 1 aromatic carbocycles. The van der Waals surface area contributed by atoms with Crippen LogP contribution in [-0.4, -0.2) is 43.2 Å². The maximum Gasteiger partial charge on any atom is 0.230 e. The maximum atomic E-state index is 11.9. The van der Waals surface area contributed by atoms with Gasteiger partial charge in [-0.3, -0.25) is 4.79 Å². The molecule has 1 aliphatic rings. The second-order valence-corrected chi connectivity index (χ2v) is 7.88. The molecule has 1 saturated heterocycles. The van der Waals surface area contributed by atoms with Crippen molar-refractivity contribution in [3.05, 3.63) is 33.8 Å². The zero-order chi connectivity index (χ0) is 16.7. The zero-order valence-electron chi connectivity index (χ0n) is 13.5. The molecule has 6 heteroatoms. The summed E-state index contributed by atoms with van der Waals surface area (Å²) in [5, 5.41) is 4.34. The van der Waals surface area contributed by atoms with Gasteiger partial charge in [0.05, 0.1) is 5.75 Å². The number of carbonyl (C=O) groups excluding carboxylic acids is 1. The van der Waals surface area contributed by atoms with Gasteiger partial charge in [-0.25, -0.2) is 0 Å². The first kappa shape index (κ1) is 18.9. The average molecular weight is 375 g/mol. The SMILES string of the molecule is CN1CCC(CCNC(=O)CSCc2c(Cl)cccc2Cl)CC1. The quantitative estimate of drug-likeness (QED) is 0.780. The first-order chi connectivity index (χ1) is 11.1. The molecule has 3 nitrogen and oxygen atoms in total. The number of nitrogens with zero attached hydrogens (tertiary/aromatic N) is 1. The second kappa shape index (κ2) is 9.77. The summed E-state index contributed by atoms with van der Waals surface area (Å²) < 4.78 is 0. The van der Waals surface area contributed by atoms with Crippen LogP contribution in [0.2, 0.25) is 10.0 Å². The van der Waals surface area contributed by atoms with E-state index in [0.717, 1.165) is 24.4 Å². The van der Waals surface area contributed by atoms with Crippen molar-refractivity contribution in [3.63, 3.8) is 0 Å². The van der Waals surface area contributed by atoms with E-state index in [9.17, 15) is 4.79 Å². The van der Waals surface area contributed by atoms with Crippen LogP contribution in [-0.2, 0) is 10.5 Å². The Hall–Kier alpha value is -0.420. The Morgan fingerprint density at radius 1 is 1.30 bits per heavy atom. The number of piperidine rings is 1. The number of likely N-dealkylation sites (tertiary alicyclic amines) is 1. The molecule has 2 rings (SSSR count). The standard InChI is InChI=1S/C17H24Cl2N2OS/c1-21-9-6-13(7-10-21)5-8-20-17(22)12-23-11-14-15(18)3-2-4-16(14)19/h2-4,13H,5-12H2,1H3,(H,20,22). The van der Waals surface area contributed by atoms with Crippen molar-refractivity contribution in [1.29, 1.82) is 0 Å². The first-order valence-corrected chi connectivity index (χ1v) is 9.93. The molecule has 128 valence electrons. The van der Waals surface area contributed by atoms with Crippen molar-refractivity contribution >= 4 is 40.9 Å². The molecule has 0 radical (unpaired) electrons. The van der Waals surface area contributed by atoms with Gasteiger partial charge < -0.3 is 10.2 Å². The second-order valence-electron chi connectivity index (χ2n) is 6.08. The highest BCUT2D eigenvalue weighted by Gasteiger charge is 2.16. The minimum absolute atomic E-state index is 0.0890. The number of benzene rings is 1. The number of nitrogens with one attached hydrogen (secondary N) is 1. The number of hydrogen-bond donors (Lipinski definition) is 1. The third kappa shape index (κ3) is 6.54. The summed E-state index contributed by atoms with van der Waals surface area (Å²) in [5.74, 6) is 1.93. The van der Waals surface area contributed by atoms with E-state index in [4.69, 9.17) is 23.2 Å². The lowest BCUT2D eigenvalue weighted by molar-refractivity contribution is -0.118. The minimum Gasteiger partial charge on any atom is -0.355 e. The summed E-state index contributed by atoms with van der Waals surface area (Å²) in [4.78, 5) is 14.3. The minimum atomic E-state index is 0.0890. The maximum absolute atomic E-state index is 11.9. The molecule has 0 spiro atoms. The van der Waals surface area contributed by atoms with Crippen molar-refractivity contribution in [2.75, 3.05) is 32.4 Å². The van der Waals surface area contributed by atoms with Gasteiger partial charge in [0.25, 0.3) is 0 Å². The predicted molar refractivity (Wildman–Crippen MR) is 100 cm³/mol. The molecule has 0 unspecified atom stereocenters. The van der Waals surface area contributed by atoms with Gasteiger partial charge in [0, 0.05) is 22.3 Å². The van der Waals surface area contributed by atoms with Crippen LogP contribution in [0.5, 0.6) is 0 Å². The normalized spacial score (nSPS) is 16.5. The van der Waals surface area contributed by atoms with E-state index in [1.807, 2.05) is 18.2 Å². The molecular formula is C17H24Cl2N2OS. The summed E-state index contributed by atoms with van der Waals surface area (Å²) in [6.07, 6.45) is 3.57. The number of hydrogen-bond acceptors (Lipinski definition) is 3. The van der Waals surface area contributed by atoms with Gasteiger partial charge in [-0.15, -0.1) is 11.8 Å². The molecule has 23 heavy (non-hydrogen) atoms. The van der Waals surface area contributed by atoms with Gasteiger partial charge in [0.15, 0.2) is 0 Å². The molecule has 1 aromatic rings. The fraction of sp³-hybridized carbons (Fsp3) is 0.588. The summed E-state index contributed by atoms with van der Waals surface area (Å²) in [6.45, 7) is 3.13. The molecular weight excluding hydrogens is 351 g/mol. The molecule has 1 heterocycles. The molecule has 0 aliphatic carbocycles. The van der Waals surface area contributed by atoms with Crippen molar-refractivity contribution < 1.29 is 4.79 Å². The lowest BCUT2D eigenvalue weighted by Gasteiger charge is -2.28. The van der Waals surface area contributed by atoms with Crippen molar-refractivity contribution in [2.45, 2.75) is 25.0 Å². The molecule has 1 N–H and O–H groups in total. The smallest absolute Gasteiger partial charge is 0.230 e. The Morgan fingerprint density at radius 2 is 1.96 bits per heavy atom. The van der Waals surface area contributed by atoms with Gasteiger partial charge in [0.1, 0.15) is 0 Å². The van der Waals surface area contributed by atoms with Crippen LogP contribution in [0.15, 0.2) is 18.2 Å². The van der Waals surface area contributed by atoms with E-state index in [2.05, 4.69) is 17.3 Å². The molecule has 0 saturated carbocycles. The number of carbonyl (C=O) groups is 1. The van der Waals surface area contributed by atoms with Gasteiger partial charge in [0.2, 0.25) is 5.91 Å². The predicted octanol–water partition coefficient (Wildman–Crippen LogP) is 4.07. The van der Waals surface area contributed by atoms with Gasteiger partial charge >= 0.3 is 0 Å². The van der Waals surface area contributed by atoms with Crippen molar-refractivity contribution in [3.8, 4) is 0 Å². The Kier molecular flexibility index (Phi) is 8.04. The zero-order valence-corrected chi connectivity index (χ0v) is 15.8. The Labute approximate surface area is 153 Å². The van der Waals surface area contributed by atoms with E-state index in [1.165, 1.54) is 25.9 Å². The van der Waals surface area contributed by atoms with Crippen LogP contribution in [0.3, 0.4) is 0 Å². The van der Waals surface area contributed by atoms with Crippen LogP contribution < -0.4 is 5.32 Å². The van der Waals surface area contributed by atoms with E-state index in [0.29, 0.717) is 21.6 Å². The van der Waals surface area contributed by atoms with Gasteiger partial charge in [-0.2, -0.15) is 0 Å². The number of halogens is 2. The van der Waals surface area contributed by atoms with Crippen LogP contribution in [0.4, 0.5) is 0 Å². The van der Waals surface area contributed by atoms with Crippen molar-refractivity contribution in [1.82, 2.24) is 10.2 Å². The Balaban J connectivity index is 1.60. The fourth-order valence-corrected chi connectivity index (χ4v) is 4.33. The fourth-order valence-electron chi connectivity index (χ4n) is 2.73. The van der Waals surface area contributed by atoms with Gasteiger partial charge in [-0.05, 0) is 63.0 Å². The van der Waals surface area contributed by atoms with E-state index in [1.54, 1.807) is 11.8 Å². The number of thioether (sulfide) groups is 1. The van der Waals surface area contributed by atoms with Crippen LogP contribution >= 0.6 is 35.0 Å². The topological polar surface area (TPSA) is 32.3 Å².